The van der Waals surface area contributed by atoms with E-state index in [-0.39, 0.29) is 11.4 Å². The molecular formula is C21H14ClN5O3S. The van der Waals surface area contributed by atoms with Gasteiger partial charge in [-0.25, -0.2) is 4.98 Å². The van der Waals surface area contributed by atoms with Gasteiger partial charge in [0.25, 0.3) is 5.69 Å². The van der Waals surface area contributed by atoms with Crippen molar-refractivity contribution in [1.82, 2.24) is 15.2 Å². The first-order chi connectivity index (χ1) is 15.1. The first-order valence-corrected chi connectivity index (χ1v) is 10.5. The molecule has 10 heteroatoms. The zero-order chi connectivity index (χ0) is 21.4. The Morgan fingerprint density at radius 3 is 2.84 bits per heavy atom. The number of hydrogen-bond donors (Lipinski definition) is 2. The van der Waals surface area contributed by atoms with E-state index in [9.17, 15) is 10.2 Å². The van der Waals surface area contributed by atoms with Gasteiger partial charge >= 0.3 is 0 Å². The highest BCUT2D eigenvalue weighted by Crippen LogP contribution is 2.30. The lowest BCUT2D eigenvalue weighted by Crippen LogP contribution is -2.34. The van der Waals surface area contributed by atoms with Gasteiger partial charge in [0.2, 0.25) is 5.69 Å². The van der Waals surface area contributed by atoms with Crippen molar-refractivity contribution in [2.45, 2.75) is 6.54 Å². The van der Waals surface area contributed by atoms with E-state index < -0.39 is 5.95 Å². The van der Waals surface area contributed by atoms with Crippen molar-refractivity contribution in [2.24, 2.45) is 0 Å². The molecule has 2 aromatic carbocycles. The highest BCUT2D eigenvalue weighted by molar-refractivity contribution is 7.14. The minimum Gasteiger partial charge on any atom is -0.539 e. The predicted octanol–water partition coefficient (Wildman–Crippen LogP) is 3.67. The fourth-order valence-electron chi connectivity index (χ4n) is 3.17. The molecule has 0 aliphatic heterocycles. The van der Waals surface area contributed by atoms with Crippen molar-refractivity contribution in [3.8, 4) is 28.8 Å². The Morgan fingerprint density at radius 1 is 1.16 bits per heavy atom. The Labute approximate surface area is 185 Å². The van der Waals surface area contributed by atoms with Gasteiger partial charge in [-0.05, 0) is 22.9 Å². The molecule has 31 heavy (non-hydrogen) atoms. The summed E-state index contributed by atoms with van der Waals surface area (Å²) in [5, 5.41) is 33.5. The fraction of sp³-hybridized carbons (Fsp3) is 0.0476. The molecule has 0 bridgehead atoms. The summed E-state index contributed by atoms with van der Waals surface area (Å²) in [7, 11) is 0. The third-order valence-electron chi connectivity index (χ3n) is 4.69. The van der Waals surface area contributed by atoms with Gasteiger partial charge in [0.15, 0.2) is 16.8 Å². The first-order valence-electron chi connectivity index (χ1n) is 9.20. The third kappa shape index (κ3) is 3.65. The molecule has 0 amide bonds. The van der Waals surface area contributed by atoms with Crippen molar-refractivity contribution in [1.29, 1.82) is 0 Å². The van der Waals surface area contributed by atoms with E-state index in [4.69, 9.17) is 16.1 Å². The van der Waals surface area contributed by atoms with Crippen molar-refractivity contribution in [2.75, 3.05) is 5.32 Å². The van der Waals surface area contributed by atoms with Gasteiger partial charge in [0.05, 0.1) is 5.27 Å². The van der Waals surface area contributed by atoms with Crippen molar-refractivity contribution < 1.29 is 19.4 Å². The summed E-state index contributed by atoms with van der Waals surface area (Å²) in [4.78, 5) is 8.72. The smallest absolute Gasteiger partial charge is 0.289 e. The second kappa shape index (κ2) is 7.86. The molecule has 3 aromatic heterocycles. The summed E-state index contributed by atoms with van der Waals surface area (Å²) in [5.41, 5.74) is 2.50. The zero-order valence-corrected chi connectivity index (χ0v) is 17.4. The second-order valence-corrected chi connectivity index (χ2v) is 7.93. The number of halogens is 1. The molecule has 0 radical (unpaired) electrons. The maximum absolute atomic E-state index is 12.3. The molecule has 5 rings (SSSR count). The minimum absolute atomic E-state index is 0.129. The first kappa shape index (κ1) is 19.3. The average Bonchev–Trinajstić information content (AvgIpc) is 3.40. The van der Waals surface area contributed by atoms with Crippen LogP contribution in [0.1, 0.15) is 5.56 Å². The number of anilines is 1. The van der Waals surface area contributed by atoms with E-state index in [0.717, 1.165) is 5.39 Å². The lowest BCUT2D eigenvalue weighted by molar-refractivity contribution is -0.660. The van der Waals surface area contributed by atoms with E-state index in [2.05, 4.69) is 20.6 Å². The summed E-state index contributed by atoms with van der Waals surface area (Å²) in [6.45, 7) is 0.344. The van der Waals surface area contributed by atoms with Crippen LogP contribution in [0.15, 0.2) is 64.6 Å². The van der Waals surface area contributed by atoms with Crippen LogP contribution < -0.4 is 15.1 Å². The molecule has 0 atom stereocenters. The monoisotopic (exact) mass is 451 g/mol. The lowest BCUT2D eigenvalue weighted by atomic mass is 10.1. The molecular weight excluding hydrogens is 438 g/mol. The summed E-state index contributed by atoms with van der Waals surface area (Å²) < 4.78 is 6.25. The topological polar surface area (TPSA) is 111 Å². The van der Waals surface area contributed by atoms with Gasteiger partial charge in [-0.15, -0.1) is 11.3 Å². The number of phenols is 1. The Hall–Kier alpha value is -3.69. The molecule has 0 saturated heterocycles. The van der Waals surface area contributed by atoms with Gasteiger partial charge < -0.3 is 20.1 Å². The number of phenolic OH excluding ortho intramolecular Hbond substituents is 1. The van der Waals surface area contributed by atoms with E-state index in [1.165, 1.54) is 16.0 Å². The molecule has 2 N–H and O–H groups in total. The standard InChI is InChI=1S/C21H14ClN5O3S/c22-14-5-7-15(8-6-14)27-18(20(29)30-26-27)16-11-31-21(25-16)24-10-13-4-3-12-2-1-9-23-17(12)19(13)28/h1-9,11H,10H2,(H2-,24,25,26,28,29). The number of nitrogens with zero attached hydrogens (tertiary/aromatic N) is 4. The Morgan fingerprint density at radius 2 is 2.00 bits per heavy atom. The largest absolute Gasteiger partial charge is 0.539 e. The molecule has 5 aromatic rings. The number of nitrogens with one attached hydrogen (secondary N) is 1. The summed E-state index contributed by atoms with van der Waals surface area (Å²) in [5.74, 6) is -0.464. The van der Waals surface area contributed by atoms with Crippen LogP contribution in [0.2, 0.25) is 5.02 Å². The summed E-state index contributed by atoms with van der Waals surface area (Å²) in [6, 6.07) is 14.3. The number of pyridine rings is 1. The molecule has 0 aliphatic carbocycles. The molecule has 0 spiro atoms. The molecule has 0 fully saturated rings. The molecule has 8 nitrogen and oxygen atoms in total. The number of aromatic nitrogens is 4. The number of aromatic hydroxyl groups is 1. The van der Waals surface area contributed by atoms with Gasteiger partial charge in [-0.3, -0.25) is 4.98 Å². The van der Waals surface area contributed by atoms with Crippen molar-refractivity contribution in [3.63, 3.8) is 0 Å². The number of benzene rings is 2. The van der Waals surface area contributed by atoms with Crippen LogP contribution in [0.3, 0.4) is 0 Å². The molecule has 3 heterocycles. The van der Waals surface area contributed by atoms with Gasteiger partial charge in [-0.1, -0.05) is 29.8 Å². The van der Waals surface area contributed by atoms with Crippen LogP contribution in [0.4, 0.5) is 5.13 Å². The van der Waals surface area contributed by atoms with E-state index >= 15 is 0 Å². The highest BCUT2D eigenvalue weighted by atomic mass is 35.5. The fourth-order valence-corrected chi connectivity index (χ4v) is 3.99. The average molecular weight is 452 g/mol. The van der Waals surface area contributed by atoms with Crippen LogP contribution in [0, 0.1) is 0 Å². The quantitative estimate of drug-likeness (QED) is 0.392. The summed E-state index contributed by atoms with van der Waals surface area (Å²) >= 11 is 7.27. The van der Waals surface area contributed by atoms with Gasteiger partial charge in [0.1, 0.15) is 11.3 Å². The number of rotatable bonds is 5. The van der Waals surface area contributed by atoms with E-state index in [1.54, 1.807) is 35.8 Å². The van der Waals surface area contributed by atoms with E-state index in [1.807, 2.05) is 24.3 Å². The van der Waals surface area contributed by atoms with Crippen molar-refractivity contribution in [3.05, 3.63) is 70.7 Å². The maximum atomic E-state index is 12.3. The van der Waals surface area contributed by atoms with Crippen LogP contribution >= 0.6 is 22.9 Å². The highest BCUT2D eigenvalue weighted by Gasteiger charge is 2.25. The summed E-state index contributed by atoms with van der Waals surface area (Å²) in [6.07, 6.45) is 1.64. The Bertz CT molecular complexity index is 1380. The second-order valence-electron chi connectivity index (χ2n) is 6.64. The van der Waals surface area contributed by atoms with Gasteiger partial charge in [-0.2, -0.15) is 0 Å². The number of fused-ring (bicyclic) bond motifs is 1. The SMILES string of the molecule is [O-]c1on[n+](-c2ccc(Cl)cc2)c1-c1csc(NCc2ccc3cccnc3c2O)n1. The zero-order valence-electron chi connectivity index (χ0n) is 15.8. The van der Waals surface area contributed by atoms with Crippen LogP contribution in [-0.4, -0.2) is 20.3 Å². The predicted molar refractivity (Wildman–Crippen MR) is 114 cm³/mol. The Kier molecular flexibility index (Phi) is 4.89. The number of thiazole rings is 1. The molecule has 154 valence electrons. The van der Waals surface area contributed by atoms with Crippen LogP contribution in [0.5, 0.6) is 11.7 Å². The van der Waals surface area contributed by atoms with Gasteiger partial charge in [0, 0.05) is 46.2 Å². The number of hydrogen-bond acceptors (Lipinski definition) is 8. The lowest BCUT2D eigenvalue weighted by Gasteiger charge is -2.07. The van der Waals surface area contributed by atoms with Crippen molar-refractivity contribution >= 4 is 39.0 Å². The normalized spacial score (nSPS) is 11.1. The van der Waals surface area contributed by atoms with Crippen LogP contribution in [-0.2, 0) is 6.54 Å². The molecule has 0 saturated carbocycles. The maximum Gasteiger partial charge on any atom is 0.289 e. The molecule has 0 aliphatic rings. The minimum atomic E-state index is -0.593. The third-order valence-corrected chi connectivity index (χ3v) is 5.74. The van der Waals surface area contributed by atoms with Crippen LogP contribution in [0.25, 0.3) is 28.0 Å². The Balaban J connectivity index is 1.40. The van der Waals surface area contributed by atoms with E-state index in [0.29, 0.717) is 39.2 Å². The molecule has 0 unspecified atom stereocenters.